The van der Waals surface area contributed by atoms with Crippen molar-refractivity contribution in [2.24, 2.45) is 5.92 Å². The fourth-order valence-corrected chi connectivity index (χ4v) is 6.53. The number of fused-ring (bicyclic) bond motifs is 1. The fraction of sp³-hybridized carbons (Fsp3) is 0.231. The van der Waals surface area contributed by atoms with Gasteiger partial charge in [-0.25, -0.2) is 13.4 Å². The first-order valence-electron chi connectivity index (χ1n) is 11.2. The molecule has 6 nitrogen and oxygen atoms in total. The van der Waals surface area contributed by atoms with Crippen LogP contribution < -0.4 is 5.32 Å². The van der Waals surface area contributed by atoms with Gasteiger partial charge >= 0.3 is 0 Å². The lowest BCUT2D eigenvalue weighted by molar-refractivity contribution is -0.120. The van der Waals surface area contributed by atoms with Gasteiger partial charge in [0.05, 0.1) is 21.5 Å². The number of aromatic nitrogens is 1. The Hall–Kier alpha value is -3.07. The summed E-state index contributed by atoms with van der Waals surface area (Å²) >= 11 is 1.58. The van der Waals surface area contributed by atoms with Crippen molar-refractivity contribution in [1.82, 2.24) is 9.29 Å². The van der Waals surface area contributed by atoms with Gasteiger partial charge < -0.3 is 5.32 Å². The standard InChI is InChI=1S/C26H25N3O3S2/c1-18-27-25(17-33-18)21-8-4-10-23(14-21)28-26(30)22-9-5-13-29(16-22)34(31,32)24-12-11-19-6-2-3-7-20(19)15-24/h2-4,6-8,10-12,14-15,17,22H,5,9,13,16H2,1H3,(H,28,30)/t22-/m1/s1. The number of anilines is 1. The predicted molar refractivity (Wildman–Crippen MR) is 136 cm³/mol. The first-order chi connectivity index (χ1) is 16.4. The highest BCUT2D eigenvalue weighted by Gasteiger charge is 2.33. The topological polar surface area (TPSA) is 79.4 Å². The molecular formula is C26H25N3O3S2. The summed E-state index contributed by atoms with van der Waals surface area (Å²) in [6.07, 6.45) is 1.30. The number of carbonyl (C=O) groups is 1. The van der Waals surface area contributed by atoms with Gasteiger partial charge in [0.15, 0.2) is 0 Å². The summed E-state index contributed by atoms with van der Waals surface area (Å²) in [5.41, 5.74) is 2.50. The molecule has 0 bridgehead atoms. The number of aryl methyl sites for hydroxylation is 1. The molecule has 8 heteroatoms. The Morgan fingerprint density at radius 2 is 1.88 bits per heavy atom. The van der Waals surface area contributed by atoms with E-state index >= 15 is 0 Å². The summed E-state index contributed by atoms with van der Waals surface area (Å²) in [4.78, 5) is 17.8. The molecule has 1 aliphatic heterocycles. The van der Waals surface area contributed by atoms with Crippen LogP contribution in [0.15, 0.2) is 77.0 Å². The Bertz CT molecular complexity index is 1460. The van der Waals surface area contributed by atoms with Crippen molar-refractivity contribution in [3.63, 3.8) is 0 Å². The molecule has 1 N–H and O–H groups in total. The van der Waals surface area contributed by atoms with E-state index in [0.29, 0.717) is 25.1 Å². The summed E-state index contributed by atoms with van der Waals surface area (Å²) in [7, 11) is -3.69. The Labute approximate surface area is 203 Å². The van der Waals surface area contributed by atoms with Crippen molar-refractivity contribution in [1.29, 1.82) is 0 Å². The van der Waals surface area contributed by atoms with Crippen molar-refractivity contribution in [2.75, 3.05) is 18.4 Å². The second kappa shape index (κ2) is 9.29. The predicted octanol–water partition coefficient (Wildman–Crippen LogP) is 5.31. The minimum Gasteiger partial charge on any atom is -0.326 e. The Kier molecular flexibility index (Phi) is 6.20. The fourth-order valence-electron chi connectivity index (χ4n) is 4.35. The zero-order chi connectivity index (χ0) is 23.7. The van der Waals surface area contributed by atoms with Crippen molar-refractivity contribution in [3.8, 4) is 11.3 Å². The van der Waals surface area contributed by atoms with Crippen LogP contribution in [0.5, 0.6) is 0 Å². The Morgan fingerprint density at radius 1 is 1.06 bits per heavy atom. The van der Waals surface area contributed by atoms with E-state index in [-0.39, 0.29) is 17.3 Å². The Morgan fingerprint density at radius 3 is 2.68 bits per heavy atom. The molecule has 34 heavy (non-hydrogen) atoms. The minimum atomic E-state index is -3.69. The highest BCUT2D eigenvalue weighted by atomic mass is 32.2. The highest BCUT2D eigenvalue weighted by molar-refractivity contribution is 7.89. The molecule has 174 valence electrons. The second-order valence-corrected chi connectivity index (χ2v) is 11.5. The molecule has 3 aromatic carbocycles. The Balaban J connectivity index is 1.31. The van der Waals surface area contributed by atoms with Crippen LogP contribution in [0.3, 0.4) is 0 Å². The molecule has 0 unspecified atom stereocenters. The zero-order valence-electron chi connectivity index (χ0n) is 18.8. The molecule has 1 fully saturated rings. The first-order valence-corrected chi connectivity index (χ1v) is 13.5. The molecule has 0 radical (unpaired) electrons. The van der Waals surface area contributed by atoms with Crippen LogP contribution in [0.25, 0.3) is 22.0 Å². The average molecular weight is 492 g/mol. The lowest BCUT2D eigenvalue weighted by atomic mass is 9.98. The zero-order valence-corrected chi connectivity index (χ0v) is 20.4. The number of amides is 1. The van der Waals surface area contributed by atoms with Gasteiger partial charge in [0.2, 0.25) is 15.9 Å². The molecule has 0 spiro atoms. The third-order valence-electron chi connectivity index (χ3n) is 6.16. The highest BCUT2D eigenvalue weighted by Crippen LogP contribution is 2.28. The smallest absolute Gasteiger partial charge is 0.243 e. The van der Waals surface area contributed by atoms with E-state index in [9.17, 15) is 13.2 Å². The molecular weight excluding hydrogens is 466 g/mol. The largest absolute Gasteiger partial charge is 0.326 e. The number of benzene rings is 3. The van der Waals surface area contributed by atoms with Crippen molar-refractivity contribution in [2.45, 2.75) is 24.7 Å². The van der Waals surface area contributed by atoms with Crippen molar-refractivity contribution < 1.29 is 13.2 Å². The molecule has 4 aromatic rings. The van der Waals surface area contributed by atoms with Gasteiger partial charge in [-0.1, -0.05) is 42.5 Å². The van der Waals surface area contributed by atoms with E-state index in [4.69, 9.17) is 0 Å². The maximum Gasteiger partial charge on any atom is 0.243 e. The van der Waals surface area contributed by atoms with Gasteiger partial charge in [-0.3, -0.25) is 4.79 Å². The van der Waals surface area contributed by atoms with E-state index < -0.39 is 15.9 Å². The molecule has 2 heterocycles. The maximum absolute atomic E-state index is 13.3. The van der Waals surface area contributed by atoms with Gasteiger partial charge in [-0.05, 0) is 54.8 Å². The SMILES string of the molecule is Cc1nc(-c2cccc(NC(=O)[C@@H]3CCCN(S(=O)(=O)c4ccc5ccccc5c4)C3)c2)cs1. The van der Waals surface area contributed by atoms with Gasteiger partial charge in [0, 0.05) is 29.7 Å². The van der Waals surface area contributed by atoms with Crippen LogP contribution in [0.1, 0.15) is 17.8 Å². The number of sulfonamides is 1. The van der Waals surface area contributed by atoms with Crippen molar-refractivity contribution >= 4 is 43.7 Å². The number of thiazole rings is 1. The van der Waals surface area contributed by atoms with Crippen LogP contribution in [0.2, 0.25) is 0 Å². The molecule has 1 saturated heterocycles. The van der Waals surface area contributed by atoms with E-state index in [1.807, 2.05) is 66.9 Å². The third-order valence-corrected chi connectivity index (χ3v) is 8.79. The summed E-state index contributed by atoms with van der Waals surface area (Å²) in [6.45, 7) is 2.55. The number of rotatable bonds is 5. The van der Waals surface area contributed by atoms with Gasteiger partial charge in [-0.2, -0.15) is 4.31 Å². The number of hydrogen-bond acceptors (Lipinski definition) is 5. The van der Waals surface area contributed by atoms with Crippen LogP contribution >= 0.6 is 11.3 Å². The van der Waals surface area contributed by atoms with Gasteiger partial charge in [0.1, 0.15) is 0 Å². The summed E-state index contributed by atoms with van der Waals surface area (Å²) < 4.78 is 28.1. The lowest BCUT2D eigenvalue weighted by Gasteiger charge is -2.31. The van der Waals surface area contributed by atoms with Crippen LogP contribution in [0, 0.1) is 12.8 Å². The van der Waals surface area contributed by atoms with E-state index in [1.165, 1.54) is 4.31 Å². The molecule has 5 rings (SSSR count). The first kappa shape index (κ1) is 22.7. The second-order valence-electron chi connectivity index (χ2n) is 8.53. The maximum atomic E-state index is 13.3. The summed E-state index contributed by atoms with van der Waals surface area (Å²) in [6, 6.07) is 20.5. The summed E-state index contributed by atoms with van der Waals surface area (Å²) in [5.74, 6) is -0.570. The number of piperidine rings is 1. The van der Waals surface area contributed by atoms with Crippen molar-refractivity contribution in [3.05, 3.63) is 77.1 Å². The molecule has 1 amide bonds. The van der Waals surface area contributed by atoms with Crippen LogP contribution in [0.4, 0.5) is 5.69 Å². The molecule has 1 aromatic heterocycles. The van der Waals surface area contributed by atoms with Gasteiger partial charge in [-0.15, -0.1) is 11.3 Å². The molecule has 1 atom stereocenters. The average Bonchev–Trinajstić information content (AvgIpc) is 3.30. The quantitative estimate of drug-likeness (QED) is 0.410. The molecule has 0 aliphatic carbocycles. The number of hydrogen-bond donors (Lipinski definition) is 1. The number of nitrogens with one attached hydrogen (secondary N) is 1. The van der Waals surface area contributed by atoms with E-state index in [0.717, 1.165) is 27.0 Å². The van der Waals surface area contributed by atoms with E-state index in [1.54, 1.807) is 23.5 Å². The number of nitrogens with zero attached hydrogens (tertiary/aromatic N) is 2. The molecule has 0 saturated carbocycles. The summed E-state index contributed by atoms with van der Waals surface area (Å²) in [5, 5.41) is 7.83. The lowest BCUT2D eigenvalue weighted by Crippen LogP contribution is -2.43. The van der Waals surface area contributed by atoms with Gasteiger partial charge in [0.25, 0.3) is 0 Å². The monoisotopic (exact) mass is 491 g/mol. The molecule has 1 aliphatic rings. The van der Waals surface area contributed by atoms with Crippen LogP contribution in [-0.2, 0) is 14.8 Å². The third kappa shape index (κ3) is 4.61. The minimum absolute atomic E-state index is 0.162. The van der Waals surface area contributed by atoms with E-state index in [2.05, 4.69) is 10.3 Å². The van der Waals surface area contributed by atoms with Crippen LogP contribution in [-0.4, -0.2) is 36.7 Å². The number of carbonyl (C=O) groups excluding carboxylic acids is 1. The normalized spacial score (nSPS) is 17.0.